The number of carboxylic acid groups (broad SMARTS) is 1. The SMILES string of the molecule is C.C.C1=CCC=C1.CCC(=O)O. The summed E-state index contributed by atoms with van der Waals surface area (Å²) < 4.78 is 0. The first-order valence-electron chi connectivity index (χ1n) is 3.30. The van der Waals surface area contributed by atoms with Gasteiger partial charge in [-0.15, -0.1) is 0 Å². The number of carboxylic acids is 1. The van der Waals surface area contributed by atoms with Crippen molar-refractivity contribution in [1.82, 2.24) is 0 Å². The highest BCUT2D eigenvalue weighted by atomic mass is 16.4. The van der Waals surface area contributed by atoms with Crippen molar-refractivity contribution >= 4 is 5.97 Å². The highest BCUT2D eigenvalue weighted by Crippen LogP contribution is 1.93. The summed E-state index contributed by atoms with van der Waals surface area (Å²) in [6.45, 7) is 1.60. The van der Waals surface area contributed by atoms with E-state index < -0.39 is 5.97 Å². The Bertz CT molecular complexity index is 136. The largest absolute Gasteiger partial charge is 0.481 e. The molecule has 0 atom stereocenters. The maximum Gasteiger partial charge on any atom is 0.303 e. The van der Waals surface area contributed by atoms with Gasteiger partial charge in [0.25, 0.3) is 0 Å². The van der Waals surface area contributed by atoms with E-state index in [2.05, 4.69) is 24.3 Å². The topological polar surface area (TPSA) is 37.3 Å². The summed E-state index contributed by atoms with van der Waals surface area (Å²) in [6, 6.07) is 0. The molecule has 72 valence electrons. The number of aliphatic carboxylic acids is 1. The number of allylic oxidation sites excluding steroid dienone is 4. The normalized spacial score (nSPS) is 10.4. The van der Waals surface area contributed by atoms with E-state index in [0.29, 0.717) is 0 Å². The lowest BCUT2D eigenvalue weighted by atomic mass is 10.5. The lowest BCUT2D eigenvalue weighted by molar-refractivity contribution is -0.136. The molecule has 1 rings (SSSR count). The predicted octanol–water partition coefficient (Wildman–Crippen LogP) is 3.26. The van der Waals surface area contributed by atoms with Gasteiger partial charge in [0, 0.05) is 6.42 Å². The quantitative estimate of drug-likeness (QED) is 0.659. The van der Waals surface area contributed by atoms with Gasteiger partial charge in [-0.3, -0.25) is 4.79 Å². The van der Waals surface area contributed by atoms with E-state index >= 15 is 0 Å². The molecule has 1 aliphatic rings. The average molecular weight is 172 g/mol. The van der Waals surface area contributed by atoms with E-state index in [9.17, 15) is 4.79 Å². The fourth-order valence-electron chi connectivity index (χ4n) is 0.393. The summed E-state index contributed by atoms with van der Waals surface area (Å²) in [6.07, 6.45) is 9.72. The molecule has 0 aromatic carbocycles. The smallest absolute Gasteiger partial charge is 0.303 e. The zero-order valence-corrected chi connectivity index (χ0v) is 6.08. The van der Waals surface area contributed by atoms with Gasteiger partial charge in [-0.1, -0.05) is 46.1 Å². The van der Waals surface area contributed by atoms with Crippen molar-refractivity contribution in [2.24, 2.45) is 0 Å². The molecule has 1 N–H and O–H groups in total. The van der Waals surface area contributed by atoms with Crippen molar-refractivity contribution in [3.63, 3.8) is 0 Å². The van der Waals surface area contributed by atoms with E-state index in [-0.39, 0.29) is 21.3 Å². The molecule has 0 bridgehead atoms. The van der Waals surface area contributed by atoms with Gasteiger partial charge in [-0.25, -0.2) is 0 Å². The van der Waals surface area contributed by atoms with Crippen molar-refractivity contribution in [3.8, 4) is 0 Å². The lowest BCUT2D eigenvalue weighted by Crippen LogP contribution is -1.86. The maximum absolute atomic E-state index is 9.37. The molecule has 1 aliphatic carbocycles. The van der Waals surface area contributed by atoms with E-state index in [0.717, 1.165) is 6.42 Å². The van der Waals surface area contributed by atoms with Crippen molar-refractivity contribution in [2.75, 3.05) is 0 Å². The minimum absolute atomic E-state index is 0. The van der Waals surface area contributed by atoms with Crippen LogP contribution in [0.2, 0.25) is 0 Å². The molecule has 0 unspecified atom stereocenters. The molecular weight excluding hydrogens is 152 g/mol. The van der Waals surface area contributed by atoms with Crippen LogP contribution in [0.5, 0.6) is 0 Å². The van der Waals surface area contributed by atoms with Crippen LogP contribution < -0.4 is 0 Å². The minimum atomic E-state index is -0.745. The lowest BCUT2D eigenvalue weighted by Gasteiger charge is -1.71. The molecule has 0 fully saturated rings. The summed E-state index contributed by atoms with van der Waals surface area (Å²) >= 11 is 0. The third kappa shape index (κ3) is 16.0. The third-order valence-corrected chi connectivity index (χ3v) is 0.958. The fraction of sp³-hybridized carbons (Fsp3) is 0.500. The fourth-order valence-corrected chi connectivity index (χ4v) is 0.393. The van der Waals surface area contributed by atoms with Gasteiger partial charge in [-0.05, 0) is 6.42 Å². The van der Waals surface area contributed by atoms with Crippen LogP contribution in [0.25, 0.3) is 0 Å². The van der Waals surface area contributed by atoms with E-state index in [4.69, 9.17) is 5.11 Å². The molecule has 2 nitrogen and oxygen atoms in total. The van der Waals surface area contributed by atoms with Gasteiger partial charge in [0.1, 0.15) is 0 Å². The Morgan fingerprint density at radius 2 is 1.67 bits per heavy atom. The van der Waals surface area contributed by atoms with Crippen LogP contribution in [0, 0.1) is 0 Å². The van der Waals surface area contributed by atoms with Crippen molar-refractivity contribution < 1.29 is 9.90 Å². The van der Waals surface area contributed by atoms with Crippen LogP contribution >= 0.6 is 0 Å². The van der Waals surface area contributed by atoms with Gasteiger partial charge >= 0.3 is 5.97 Å². The molecule has 0 amide bonds. The van der Waals surface area contributed by atoms with E-state index in [1.165, 1.54) is 0 Å². The second-order valence-corrected chi connectivity index (χ2v) is 1.84. The van der Waals surface area contributed by atoms with Crippen molar-refractivity contribution in [2.45, 2.75) is 34.6 Å². The molecule has 0 heterocycles. The van der Waals surface area contributed by atoms with Crippen LogP contribution in [0.1, 0.15) is 34.6 Å². The van der Waals surface area contributed by atoms with Gasteiger partial charge in [0.05, 0.1) is 0 Å². The Morgan fingerprint density at radius 3 is 1.75 bits per heavy atom. The standard InChI is InChI=1S/C5H6.C3H6O2.2CH4/c1-2-4-5-3-1;1-2-3(4)5;;/h1-4H,5H2;2H2,1H3,(H,4,5);2*1H4. The zero-order valence-electron chi connectivity index (χ0n) is 6.08. The molecule has 0 aromatic rings. The first-order valence-corrected chi connectivity index (χ1v) is 3.30. The number of hydrogen-bond donors (Lipinski definition) is 1. The Hall–Kier alpha value is -1.05. The zero-order chi connectivity index (χ0) is 7.82. The molecule has 0 spiro atoms. The van der Waals surface area contributed by atoms with Crippen molar-refractivity contribution in [1.29, 1.82) is 0 Å². The molecule has 0 radical (unpaired) electrons. The second kappa shape index (κ2) is 12.6. The van der Waals surface area contributed by atoms with E-state index in [1.807, 2.05) is 0 Å². The summed E-state index contributed by atoms with van der Waals surface area (Å²) in [5.74, 6) is -0.745. The second-order valence-electron chi connectivity index (χ2n) is 1.84. The van der Waals surface area contributed by atoms with E-state index in [1.54, 1.807) is 6.92 Å². The highest BCUT2D eigenvalue weighted by Gasteiger charge is 1.80. The third-order valence-electron chi connectivity index (χ3n) is 0.958. The molecule has 12 heavy (non-hydrogen) atoms. The van der Waals surface area contributed by atoms with Crippen molar-refractivity contribution in [3.05, 3.63) is 24.3 Å². The average Bonchev–Trinajstić information content (AvgIpc) is 2.43. The summed E-state index contributed by atoms with van der Waals surface area (Å²) in [7, 11) is 0. The number of carbonyl (C=O) groups is 1. The molecule has 0 aliphatic heterocycles. The first kappa shape index (κ1) is 17.2. The number of hydrogen-bond acceptors (Lipinski definition) is 1. The van der Waals surface area contributed by atoms with Crippen LogP contribution in [-0.4, -0.2) is 11.1 Å². The molecule has 0 saturated carbocycles. The highest BCUT2D eigenvalue weighted by molar-refractivity contribution is 5.66. The van der Waals surface area contributed by atoms with Gasteiger partial charge in [0.15, 0.2) is 0 Å². The molecule has 0 saturated heterocycles. The van der Waals surface area contributed by atoms with Crippen LogP contribution in [0.3, 0.4) is 0 Å². The summed E-state index contributed by atoms with van der Waals surface area (Å²) in [5, 5.41) is 7.72. The minimum Gasteiger partial charge on any atom is -0.481 e. The monoisotopic (exact) mass is 172 g/mol. The van der Waals surface area contributed by atoms with Gasteiger partial charge in [0.2, 0.25) is 0 Å². The Kier molecular flexibility index (Phi) is 18.0. The maximum atomic E-state index is 9.37. The summed E-state index contributed by atoms with van der Waals surface area (Å²) in [4.78, 5) is 9.37. The Morgan fingerprint density at radius 1 is 1.33 bits per heavy atom. The Balaban J connectivity index is -0.000000116. The predicted molar refractivity (Wildman–Crippen MR) is 54.3 cm³/mol. The van der Waals surface area contributed by atoms with Crippen LogP contribution in [0.4, 0.5) is 0 Å². The molecule has 2 heteroatoms. The van der Waals surface area contributed by atoms with Gasteiger partial charge in [-0.2, -0.15) is 0 Å². The molecular formula is C10H20O2. The summed E-state index contributed by atoms with van der Waals surface area (Å²) in [5.41, 5.74) is 0. The van der Waals surface area contributed by atoms with Crippen LogP contribution in [0.15, 0.2) is 24.3 Å². The Labute approximate surface area is 75.6 Å². The first-order chi connectivity index (χ1) is 4.77. The molecule has 0 aromatic heterocycles. The van der Waals surface area contributed by atoms with Crippen LogP contribution in [-0.2, 0) is 4.79 Å². The van der Waals surface area contributed by atoms with Gasteiger partial charge < -0.3 is 5.11 Å². The number of rotatable bonds is 1.